The van der Waals surface area contributed by atoms with Crippen LogP contribution in [0, 0.1) is 0 Å². The average molecular weight is 248 g/mol. The van der Waals surface area contributed by atoms with Gasteiger partial charge >= 0.3 is 0 Å². The van der Waals surface area contributed by atoms with Crippen LogP contribution < -0.4 is 10.6 Å². The molecule has 0 radical (unpaired) electrons. The van der Waals surface area contributed by atoms with E-state index in [9.17, 15) is 0 Å². The van der Waals surface area contributed by atoms with Crippen LogP contribution in [-0.4, -0.2) is 22.0 Å². The second-order valence-electron chi connectivity index (χ2n) is 3.59. The van der Waals surface area contributed by atoms with Gasteiger partial charge in [-0.3, -0.25) is 0 Å². The molecule has 88 valence electrons. The van der Waals surface area contributed by atoms with E-state index < -0.39 is 0 Å². The van der Waals surface area contributed by atoms with Gasteiger partial charge in [0.15, 0.2) is 0 Å². The van der Waals surface area contributed by atoms with E-state index in [-0.39, 0.29) is 4.99 Å². The van der Waals surface area contributed by atoms with Gasteiger partial charge in [-0.15, -0.1) is 0 Å². The molecule has 0 fully saturated rings. The lowest BCUT2D eigenvalue weighted by Crippen LogP contribution is -2.21. The highest BCUT2D eigenvalue weighted by atomic mass is 32.1. The van der Waals surface area contributed by atoms with Crippen molar-refractivity contribution < 1.29 is 4.42 Å². The first-order valence-electron chi connectivity index (χ1n) is 5.02. The van der Waals surface area contributed by atoms with Gasteiger partial charge in [-0.2, -0.15) is 0 Å². The van der Waals surface area contributed by atoms with Gasteiger partial charge < -0.3 is 15.1 Å². The fraction of sp³-hybridized carbons (Fsp3) is 0.182. The molecule has 0 aromatic carbocycles. The van der Waals surface area contributed by atoms with Gasteiger partial charge in [0.1, 0.15) is 10.7 Å². The van der Waals surface area contributed by atoms with Gasteiger partial charge in [0.25, 0.3) is 0 Å². The number of aromatic nitrogens is 2. The molecule has 17 heavy (non-hydrogen) atoms. The van der Waals surface area contributed by atoms with Gasteiger partial charge in [-0.1, -0.05) is 12.2 Å². The quantitative estimate of drug-likeness (QED) is 0.823. The molecule has 0 atom stereocenters. The monoisotopic (exact) mass is 248 g/mol. The number of nitrogens with zero attached hydrogens (tertiary/aromatic N) is 3. The zero-order chi connectivity index (χ0) is 12.3. The van der Waals surface area contributed by atoms with E-state index in [0.717, 1.165) is 5.56 Å². The van der Waals surface area contributed by atoms with E-state index in [0.29, 0.717) is 18.2 Å². The second-order valence-corrected chi connectivity index (χ2v) is 4.03. The van der Waals surface area contributed by atoms with Crippen LogP contribution in [0.25, 0.3) is 0 Å². The molecule has 2 heterocycles. The SMILES string of the molecule is CN(Cc1ccoc1)c1nccc(C(N)=S)n1. The van der Waals surface area contributed by atoms with Crippen molar-refractivity contribution in [2.75, 3.05) is 11.9 Å². The fourth-order valence-electron chi connectivity index (χ4n) is 1.40. The van der Waals surface area contributed by atoms with Crippen molar-refractivity contribution in [3.63, 3.8) is 0 Å². The molecule has 0 saturated carbocycles. The molecule has 0 unspecified atom stereocenters. The minimum atomic E-state index is 0.269. The summed E-state index contributed by atoms with van der Waals surface area (Å²) in [5, 5.41) is 0. The molecular weight excluding hydrogens is 236 g/mol. The molecule has 0 aliphatic heterocycles. The zero-order valence-corrected chi connectivity index (χ0v) is 10.1. The predicted molar refractivity (Wildman–Crippen MR) is 68.7 cm³/mol. The van der Waals surface area contributed by atoms with Crippen molar-refractivity contribution in [1.82, 2.24) is 9.97 Å². The van der Waals surface area contributed by atoms with Crippen molar-refractivity contribution in [2.45, 2.75) is 6.54 Å². The summed E-state index contributed by atoms with van der Waals surface area (Å²) in [6, 6.07) is 3.59. The fourth-order valence-corrected chi connectivity index (χ4v) is 1.51. The number of rotatable bonds is 4. The van der Waals surface area contributed by atoms with E-state index in [1.807, 2.05) is 18.0 Å². The molecular formula is C11H12N4OS. The molecule has 6 heteroatoms. The second kappa shape index (κ2) is 4.92. The van der Waals surface area contributed by atoms with Gasteiger partial charge in [0.2, 0.25) is 5.95 Å². The van der Waals surface area contributed by atoms with Crippen LogP contribution in [0.4, 0.5) is 5.95 Å². The van der Waals surface area contributed by atoms with Gasteiger partial charge in [-0.25, -0.2) is 9.97 Å². The van der Waals surface area contributed by atoms with Crippen LogP contribution >= 0.6 is 12.2 Å². The lowest BCUT2D eigenvalue weighted by Gasteiger charge is -2.16. The largest absolute Gasteiger partial charge is 0.472 e. The maximum Gasteiger partial charge on any atom is 0.225 e. The van der Waals surface area contributed by atoms with Gasteiger partial charge in [-0.05, 0) is 12.1 Å². The standard InChI is InChI=1S/C11H12N4OS/c1-15(6-8-3-5-16-7-8)11-13-4-2-9(14-11)10(12)17/h2-5,7H,6H2,1H3,(H2,12,17). The number of thiocarbonyl (C=S) groups is 1. The first-order chi connectivity index (χ1) is 8.16. The molecule has 0 bridgehead atoms. The predicted octanol–water partition coefficient (Wildman–Crippen LogP) is 1.34. The maximum atomic E-state index is 5.53. The Hall–Kier alpha value is -1.95. The number of hydrogen-bond acceptors (Lipinski definition) is 5. The summed E-state index contributed by atoms with van der Waals surface area (Å²) in [6.07, 6.45) is 4.96. The van der Waals surface area contributed by atoms with Crippen molar-refractivity contribution in [2.24, 2.45) is 5.73 Å². The molecule has 5 nitrogen and oxygen atoms in total. The van der Waals surface area contributed by atoms with Gasteiger partial charge in [0, 0.05) is 25.4 Å². The van der Waals surface area contributed by atoms with Crippen LogP contribution in [0.15, 0.2) is 35.3 Å². The summed E-state index contributed by atoms with van der Waals surface area (Å²) in [5.74, 6) is 0.580. The van der Waals surface area contributed by atoms with E-state index >= 15 is 0 Å². The molecule has 0 aliphatic carbocycles. The van der Waals surface area contributed by atoms with E-state index in [4.69, 9.17) is 22.4 Å². The van der Waals surface area contributed by atoms with E-state index in [1.54, 1.807) is 24.8 Å². The summed E-state index contributed by atoms with van der Waals surface area (Å²) in [5.41, 5.74) is 7.15. The first kappa shape index (κ1) is 11.5. The normalized spacial score (nSPS) is 10.2. The third-order valence-corrected chi connectivity index (χ3v) is 2.45. The Labute approximate surface area is 104 Å². The smallest absolute Gasteiger partial charge is 0.225 e. The molecule has 2 N–H and O–H groups in total. The number of furan rings is 1. The number of nitrogens with two attached hydrogens (primary N) is 1. The maximum absolute atomic E-state index is 5.53. The highest BCUT2D eigenvalue weighted by Gasteiger charge is 2.07. The Kier molecular flexibility index (Phi) is 3.34. The first-order valence-corrected chi connectivity index (χ1v) is 5.42. The van der Waals surface area contributed by atoms with Crippen LogP contribution in [-0.2, 0) is 6.54 Å². The average Bonchev–Trinajstić information content (AvgIpc) is 2.82. The van der Waals surface area contributed by atoms with Crippen LogP contribution in [0.3, 0.4) is 0 Å². The van der Waals surface area contributed by atoms with Crippen molar-refractivity contribution in [1.29, 1.82) is 0 Å². The highest BCUT2D eigenvalue weighted by molar-refractivity contribution is 7.80. The molecule has 2 aromatic heterocycles. The molecule has 2 rings (SSSR count). The van der Waals surface area contributed by atoms with Crippen molar-refractivity contribution in [3.8, 4) is 0 Å². The lowest BCUT2D eigenvalue weighted by atomic mass is 10.3. The Morgan fingerprint density at radius 1 is 1.53 bits per heavy atom. The van der Waals surface area contributed by atoms with Crippen molar-refractivity contribution >= 4 is 23.2 Å². The minimum Gasteiger partial charge on any atom is -0.472 e. The summed E-state index contributed by atoms with van der Waals surface area (Å²) < 4.78 is 5.00. The molecule has 0 spiro atoms. The van der Waals surface area contributed by atoms with Crippen molar-refractivity contribution in [3.05, 3.63) is 42.1 Å². The third kappa shape index (κ3) is 2.79. The summed E-state index contributed by atoms with van der Waals surface area (Å²) in [6.45, 7) is 0.664. The molecule has 0 aliphatic rings. The minimum absolute atomic E-state index is 0.269. The summed E-state index contributed by atoms with van der Waals surface area (Å²) >= 11 is 4.88. The number of anilines is 1. The van der Waals surface area contributed by atoms with E-state index in [2.05, 4.69) is 9.97 Å². The van der Waals surface area contributed by atoms with E-state index in [1.165, 1.54) is 0 Å². The van der Waals surface area contributed by atoms with Crippen LogP contribution in [0.5, 0.6) is 0 Å². The Morgan fingerprint density at radius 3 is 3.00 bits per heavy atom. The topological polar surface area (TPSA) is 68.2 Å². The Bertz CT molecular complexity index is 512. The van der Waals surface area contributed by atoms with Gasteiger partial charge in [0.05, 0.1) is 12.5 Å². The molecule has 0 amide bonds. The molecule has 0 saturated heterocycles. The lowest BCUT2D eigenvalue weighted by molar-refractivity contribution is 0.563. The Morgan fingerprint density at radius 2 is 2.35 bits per heavy atom. The Balaban J connectivity index is 2.16. The highest BCUT2D eigenvalue weighted by Crippen LogP contribution is 2.10. The number of hydrogen-bond donors (Lipinski definition) is 1. The van der Waals surface area contributed by atoms with Crippen LogP contribution in [0.2, 0.25) is 0 Å². The molecule has 2 aromatic rings. The zero-order valence-electron chi connectivity index (χ0n) is 9.33. The third-order valence-electron chi connectivity index (χ3n) is 2.24. The summed E-state index contributed by atoms with van der Waals surface area (Å²) in [7, 11) is 1.89. The van der Waals surface area contributed by atoms with Crippen LogP contribution in [0.1, 0.15) is 11.3 Å². The summed E-state index contributed by atoms with van der Waals surface area (Å²) in [4.78, 5) is 10.6.